The maximum Gasteiger partial charge on any atom is 0.511 e. The second kappa shape index (κ2) is 11.0. The van der Waals surface area contributed by atoms with Gasteiger partial charge in [-0.15, -0.1) is 0 Å². The summed E-state index contributed by atoms with van der Waals surface area (Å²) in [7, 11) is 0. The maximum atomic E-state index is 11.0. The molecule has 0 aromatic heterocycles. The number of benzene rings is 1. The number of hydrogen-bond acceptors (Lipinski definition) is 3. The molecule has 0 aliphatic carbocycles. The molecule has 0 heterocycles. The van der Waals surface area contributed by atoms with Gasteiger partial charge in [-0.2, -0.15) is 0 Å². The molecule has 1 aromatic rings. The summed E-state index contributed by atoms with van der Waals surface area (Å²) in [6, 6.07) is 2.05. The molecule has 2 N–H and O–H groups in total. The van der Waals surface area contributed by atoms with E-state index < -0.39 is 6.16 Å². The number of hydrogen-bond donors (Lipinski definition) is 2. The lowest BCUT2D eigenvalue weighted by atomic mass is 9.92. The number of aromatic hydroxyl groups is 1. The third kappa shape index (κ3) is 6.06. The van der Waals surface area contributed by atoms with Crippen molar-refractivity contribution in [1.29, 1.82) is 0 Å². The van der Waals surface area contributed by atoms with Crippen LogP contribution in [0.4, 0.5) is 4.79 Å². The lowest BCUT2D eigenvalue weighted by Crippen LogP contribution is -2.08. The normalized spacial score (nSPS) is 10.8. The van der Waals surface area contributed by atoms with Crippen molar-refractivity contribution >= 4 is 6.16 Å². The van der Waals surface area contributed by atoms with E-state index >= 15 is 0 Å². The summed E-state index contributed by atoms with van der Waals surface area (Å²) in [5.74, 6) is 0.168. The predicted octanol–water partition coefficient (Wildman–Crippen LogP) is 5.87. The Morgan fingerprint density at radius 2 is 1.54 bits per heavy atom. The average Bonchev–Trinajstić information content (AvgIpc) is 2.54. The third-order valence-electron chi connectivity index (χ3n) is 4.32. The number of phenols is 1. The molecule has 4 heteroatoms. The van der Waals surface area contributed by atoms with Crippen molar-refractivity contribution < 1.29 is 19.7 Å². The fourth-order valence-corrected chi connectivity index (χ4v) is 3.08. The van der Waals surface area contributed by atoms with Gasteiger partial charge in [-0.25, -0.2) is 4.79 Å². The zero-order valence-corrected chi connectivity index (χ0v) is 15.4. The van der Waals surface area contributed by atoms with Crippen LogP contribution in [0, 0.1) is 0 Å². The standard InChI is InChI=1S/C20H32O4/c1-4-7-9-12-15-14-16(11-6-3)19(24-20(22)23)18(21)17(15)13-10-8-5-2/h14,21H,4-13H2,1-3H3,(H,22,23). The van der Waals surface area contributed by atoms with Crippen LogP contribution in [0.3, 0.4) is 0 Å². The van der Waals surface area contributed by atoms with Crippen LogP contribution in [0.5, 0.6) is 11.5 Å². The minimum atomic E-state index is -1.37. The van der Waals surface area contributed by atoms with Crippen LogP contribution in [0.1, 0.15) is 82.4 Å². The highest BCUT2D eigenvalue weighted by atomic mass is 16.7. The number of unbranched alkanes of at least 4 members (excludes halogenated alkanes) is 4. The quantitative estimate of drug-likeness (QED) is 0.301. The van der Waals surface area contributed by atoms with Crippen molar-refractivity contribution in [3.63, 3.8) is 0 Å². The van der Waals surface area contributed by atoms with Gasteiger partial charge in [0, 0.05) is 5.56 Å². The van der Waals surface area contributed by atoms with E-state index in [9.17, 15) is 9.90 Å². The van der Waals surface area contributed by atoms with Crippen molar-refractivity contribution in [2.24, 2.45) is 0 Å². The number of aryl methyl sites for hydroxylation is 2. The van der Waals surface area contributed by atoms with Crippen LogP contribution < -0.4 is 4.74 Å². The lowest BCUT2D eigenvalue weighted by molar-refractivity contribution is 0.142. The number of rotatable bonds is 11. The van der Waals surface area contributed by atoms with E-state index in [0.717, 1.165) is 74.5 Å². The highest BCUT2D eigenvalue weighted by molar-refractivity contribution is 5.66. The summed E-state index contributed by atoms with van der Waals surface area (Å²) in [5, 5.41) is 19.7. The Morgan fingerprint density at radius 1 is 0.917 bits per heavy atom. The molecule has 0 aliphatic heterocycles. The van der Waals surface area contributed by atoms with Gasteiger partial charge in [-0.1, -0.05) is 58.9 Å². The van der Waals surface area contributed by atoms with Crippen LogP contribution in [0.2, 0.25) is 0 Å². The van der Waals surface area contributed by atoms with Crippen molar-refractivity contribution in [3.05, 3.63) is 22.8 Å². The molecular formula is C20H32O4. The molecule has 1 aromatic carbocycles. The van der Waals surface area contributed by atoms with Crippen LogP contribution in [-0.2, 0) is 19.3 Å². The molecule has 0 bridgehead atoms. The van der Waals surface area contributed by atoms with E-state index in [1.54, 1.807) is 0 Å². The first kappa shape index (κ1) is 20.3. The summed E-state index contributed by atoms with van der Waals surface area (Å²) in [6.45, 7) is 6.35. The summed E-state index contributed by atoms with van der Waals surface area (Å²) in [5.41, 5.74) is 2.82. The van der Waals surface area contributed by atoms with Gasteiger partial charge in [0.1, 0.15) is 0 Å². The largest absolute Gasteiger partial charge is 0.511 e. The first-order chi connectivity index (χ1) is 11.5. The average molecular weight is 336 g/mol. The van der Waals surface area contributed by atoms with Crippen molar-refractivity contribution in [2.45, 2.75) is 85.0 Å². The Hall–Kier alpha value is -1.71. The highest BCUT2D eigenvalue weighted by Gasteiger charge is 2.20. The van der Waals surface area contributed by atoms with Gasteiger partial charge in [-0.3, -0.25) is 0 Å². The van der Waals surface area contributed by atoms with Crippen LogP contribution in [-0.4, -0.2) is 16.4 Å². The molecule has 0 saturated heterocycles. The highest BCUT2D eigenvalue weighted by Crippen LogP contribution is 2.39. The van der Waals surface area contributed by atoms with Gasteiger partial charge in [0.05, 0.1) is 0 Å². The fourth-order valence-electron chi connectivity index (χ4n) is 3.08. The van der Waals surface area contributed by atoms with Crippen molar-refractivity contribution in [3.8, 4) is 11.5 Å². The summed E-state index contributed by atoms with van der Waals surface area (Å²) in [4.78, 5) is 11.0. The first-order valence-electron chi connectivity index (χ1n) is 9.32. The molecule has 0 fully saturated rings. The molecule has 0 atom stereocenters. The maximum absolute atomic E-state index is 11.0. The van der Waals surface area contributed by atoms with Crippen LogP contribution in [0.15, 0.2) is 6.07 Å². The minimum Gasteiger partial charge on any atom is -0.504 e. The van der Waals surface area contributed by atoms with Gasteiger partial charge < -0.3 is 14.9 Å². The van der Waals surface area contributed by atoms with E-state index in [-0.39, 0.29) is 11.5 Å². The third-order valence-corrected chi connectivity index (χ3v) is 4.32. The van der Waals surface area contributed by atoms with Gasteiger partial charge in [0.25, 0.3) is 0 Å². The molecule has 0 amide bonds. The Morgan fingerprint density at radius 3 is 2.08 bits per heavy atom. The van der Waals surface area contributed by atoms with E-state index in [0.29, 0.717) is 6.42 Å². The monoisotopic (exact) mass is 336 g/mol. The minimum absolute atomic E-state index is 0.0333. The molecule has 0 spiro atoms. The van der Waals surface area contributed by atoms with Gasteiger partial charge in [-0.05, 0) is 43.2 Å². The smallest absolute Gasteiger partial charge is 0.504 e. The molecule has 4 nitrogen and oxygen atoms in total. The van der Waals surface area contributed by atoms with E-state index in [4.69, 9.17) is 9.84 Å². The molecule has 0 unspecified atom stereocenters. The second-order valence-corrected chi connectivity index (χ2v) is 6.38. The van der Waals surface area contributed by atoms with Crippen LogP contribution >= 0.6 is 0 Å². The molecule has 136 valence electrons. The van der Waals surface area contributed by atoms with Crippen molar-refractivity contribution in [1.82, 2.24) is 0 Å². The first-order valence-corrected chi connectivity index (χ1v) is 9.32. The van der Waals surface area contributed by atoms with Gasteiger partial charge in [0.15, 0.2) is 11.5 Å². The number of carbonyl (C=O) groups is 1. The second-order valence-electron chi connectivity index (χ2n) is 6.38. The Labute approximate surface area is 145 Å². The van der Waals surface area contributed by atoms with E-state index in [1.165, 1.54) is 0 Å². The molecule has 0 aliphatic rings. The summed E-state index contributed by atoms with van der Waals surface area (Å²) < 4.78 is 4.92. The zero-order chi connectivity index (χ0) is 17.9. The number of phenolic OH excluding ortho intramolecular Hbond substituents is 1. The Kier molecular flexibility index (Phi) is 9.28. The van der Waals surface area contributed by atoms with E-state index in [2.05, 4.69) is 19.9 Å². The zero-order valence-electron chi connectivity index (χ0n) is 15.4. The fraction of sp³-hybridized carbons (Fsp3) is 0.650. The molecular weight excluding hydrogens is 304 g/mol. The lowest BCUT2D eigenvalue weighted by Gasteiger charge is -2.18. The predicted molar refractivity (Wildman–Crippen MR) is 97.2 cm³/mol. The molecule has 1 rings (SSSR count). The Bertz CT molecular complexity index is 523. The molecule has 0 saturated carbocycles. The van der Waals surface area contributed by atoms with Gasteiger partial charge >= 0.3 is 6.16 Å². The SMILES string of the molecule is CCCCCc1cc(CCC)c(OC(=O)O)c(O)c1CCCCC. The topological polar surface area (TPSA) is 66.8 Å². The summed E-state index contributed by atoms with van der Waals surface area (Å²) >= 11 is 0. The molecule has 24 heavy (non-hydrogen) atoms. The van der Waals surface area contributed by atoms with E-state index in [1.807, 2.05) is 6.92 Å². The molecule has 0 radical (unpaired) electrons. The van der Waals surface area contributed by atoms with Gasteiger partial charge in [0.2, 0.25) is 0 Å². The van der Waals surface area contributed by atoms with Crippen LogP contribution in [0.25, 0.3) is 0 Å². The number of ether oxygens (including phenoxy) is 1. The number of carboxylic acid groups (broad SMARTS) is 1. The summed E-state index contributed by atoms with van der Waals surface area (Å²) in [6.07, 6.45) is 8.48. The van der Waals surface area contributed by atoms with Crippen molar-refractivity contribution in [2.75, 3.05) is 0 Å². The Balaban J connectivity index is 3.23.